The van der Waals surface area contributed by atoms with Gasteiger partial charge in [-0.05, 0) is 43.0 Å². The minimum atomic E-state index is 0.0910. The van der Waals surface area contributed by atoms with E-state index in [1.807, 2.05) is 29.2 Å². The normalized spacial score (nSPS) is 22.0. The van der Waals surface area contributed by atoms with Gasteiger partial charge < -0.3 is 9.64 Å². The van der Waals surface area contributed by atoms with Gasteiger partial charge in [0.15, 0.2) is 0 Å². The highest BCUT2D eigenvalue weighted by molar-refractivity contribution is 9.10. The number of hydrogen-bond acceptors (Lipinski definition) is 2. The second-order valence-corrected chi connectivity index (χ2v) is 6.53. The molecule has 0 unspecified atom stereocenters. The predicted octanol–water partition coefficient (Wildman–Crippen LogP) is 4.12. The lowest BCUT2D eigenvalue weighted by atomic mass is 10.1. The molecule has 1 amide bonds. The topological polar surface area (TPSA) is 29.5 Å². The second kappa shape index (κ2) is 7.12. The number of rotatable bonds is 4. The predicted molar refractivity (Wildman–Crippen MR) is 89.3 cm³/mol. The van der Waals surface area contributed by atoms with Crippen LogP contribution in [0.25, 0.3) is 6.08 Å². The Morgan fingerprint density at radius 1 is 1.52 bits per heavy atom. The van der Waals surface area contributed by atoms with Gasteiger partial charge in [0.2, 0.25) is 5.91 Å². The summed E-state index contributed by atoms with van der Waals surface area (Å²) in [5, 5.41) is 0. The van der Waals surface area contributed by atoms with E-state index < -0.39 is 0 Å². The summed E-state index contributed by atoms with van der Waals surface area (Å²) in [6, 6.07) is 6.14. The number of amides is 1. The van der Waals surface area contributed by atoms with Crippen molar-refractivity contribution in [3.8, 4) is 5.75 Å². The maximum Gasteiger partial charge on any atom is 0.246 e. The van der Waals surface area contributed by atoms with Crippen LogP contribution in [0.4, 0.5) is 0 Å². The van der Waals surface area contributed by atoms with Gasteiger partial charge in [-0.3, -0.25) is 4.79 Å². The fraction of sp³-hybridized carbons (Fsp3) is 0.471. The van der Waals surface area contributed by atoms with Crippen molar-refractivity contribution in [1.82, 2.24) is 4.90 Å². The summed E-state index contributed by atoms with van der Waals surface area (Å²) in [5.41, 5.74) is 0.903. The molecule has 1 aromatic rings. The van der Waals surface area contributed by atoms with Crippen molar-refractivity contribution in [3.63, 3.8) is 0 Å². The van der Waals surface area contributed by atoms with Gasteiger partial charge in [0, 0.05) is 28.7 Å². The van der Waals surface area contributed by atoms with E-state index in [1.54, 1.807) is 13.2 Å². The van der Waals surface area contributed by atoms with E-state index in [1.165, 1.54) is 0 Å². The van der Waals surface area contributed by atoms with Crippen molar-refractivity contribution in [2.75, 3.05) is 13.7 Å². The molecule has 0 spiro atoms. The van der Waals surface area contributed by atoms with Crippen LogP contribution in [0.2, 0.25) is 0 Å². The van der Waals surface area contributed by atoms with Gasteiger partial charge in [-0.1, -0.05) is 29.8 Å². The highest BCUT2D eigenvalue weighted by Crippen LogP contribution is 2.27. The van der Waals surface area contributed by atoms with E-state index in [9.17, 15) is 4.79 Å². The summed E-state index contributed by atoms with van der Waals surface area (Å²) < 4.78 is 6.29. The van der Waals surface area contributed by atoms with Crippen LogP contribution in [0.3, 0.4) is 0 Å². The molecule has 4 heteroatoms. The molecule has 1 saturated heterocycles. The van der Waals surface area contributed by atoms with Crippen LogP contribution in [-0.2, 0) is 4.79 Å². The number of nitrogens with zero attached hydrogens (tertiary/aromatic N) is 1. The maximum absolute atomic E-state index is 12.4. The smallest absolute Gasteiger partial charge is 0.246 e. The third-order valence-electron chi connectivity index (χ3n) is 3.98. The molecule has 1 heterocycles. The van der Waals surface area contributed by atoms with Crippen molar-refractivity contribution in [3.05, 3.63) is 34.3 Å². The Morgan fingerprint density at radius 2 is 2.29 bits per heavy atom. The highest BCUT2D eigenvalue weighted by Gasteiger charge is 2.30. The van der Waals surface area contributed by atoms with E-state index >= 15 is 0 Å². The van der Waals surface area contributed by atoms with Crippen LogP contribution in [0.15, 0.2) is 28.7 Å². The zero-order valence-electron chi connectivity index (χ0n) is 12.8. The molecule has 3 nitrogen and oxygen atoms in total. The van der Waals surface area contributed by atoms with Crippen LogP contribution in [-0.4, -0.2) is 30.5 Å². The van der Waals surface area contributed by atoms with E-state index in [-0.39, 0.29) is 5.91 Å². The quantitative estimate of drug-likeness (QED) is 0.763. The lowest BCUT2D eigenvalue weighted by Gasteiger charge is -2.22. The number of likely N-dealkylation sites (tertiary alicyclic amines) is 1. The van der Waals surface area contributed by atoms with Crippen molar-refractivity contribution in [2.45, 2.75) is 32.7 Å². The first kappa shape index (κ1) is 16.1. The summed E-state index contributed by atoms with van der Waals surface area (Å²) in [7, 11) is 1.64. The molecule has 0 aromatic heterocycles. The maximum atomic E-state index is 12.4. The summed E-state index contributed by atoms with van der Waals surface area (Å²) in [5.74, 6) is 1.45. The first-order valence-electron chi connectivity index (χ1n) is 7.37. The van der Waals surface area contributed by atoms with Crippen LogP contribution in [0, 0.1) is 5.92 Å². The summed E-state index contributed by atoms with van der Waals surface area (Å²) in [6.45, 7) is 5.21. The summed E-state index contributed by atoms with van der Waals surface area (Å²) in [6.07, 6.45) is 5.62. The summed E-state index contributed by atoms with van der Waals surface area (Å²) >= 11 is 3.44. The number of halogens is 1. The molecule has 1 aliphatic rings. The average molecular weight is 352 g/mol. The van der Waals surface area contributed by atoms with Gasteiger partial charge in [-0.15, -0.1) is 0 Å². The SMILES string of the molecule is CC[C@@H]1C[C@@H](C)CN1C(=O)/C=C/c1cc(Br)ccc1OC. The zero-order chi connectivity index (χ0) is 15.4. The molecule has 21 heavy (non-hydrogen) atoms. The standard InChI is InChI=1S/C17H22BrNO2/c1-4-15-9-12(2)11-19(15)17(20)8-5-13-10-14(18)6-7-16(13)21-3/h5-8,10,12,15H,4,9,11H2,1-3H3/b8-5+/t12-,15-/m1/s1. The Morgan fingerprint density at radius 3 is 2.95 bits per heavy atom. The lowest BCUT2D eigenvalue weighted by molar-refractivity contribution is -0.126. The summed E-state index contributed by atoms with van der Waals surface area (Å²) in [4.78, 5) is 14.4. The third kappa shape index (κ3) is 3.88. The largest absolute Gasteiger partial charge is 0.496 e. The van der Waals surface area contributed by atoms with Gasteiger partial charge in [0.25, 0.3) is 0 Å². The van der Waals surface area contributed by atoms with Gasteiger partial charge >= 0.3 is 0 Å². The molecule has 1 fully saturated rings. The third-order valence-corrected chi connectivity index (χ3v) is 4.47. The van der Waals surface area contributed by atoms with E-state index in [2.05, 4.69) is 29.8 Å². The molecular formula is C17H22BrNO2. The molecule has 1 aromatic carbocycles. The fourth-order valence-electron chi connectivity index (χ4n) is 2.90. The molecule has 2 rings (SSSR count). The van der Waals surface area contributed by atoms with Crippen molar-refractivity contribution < 1.29 is 9.53 Å². The average Bonchev–Trinajstić information content (AvgIpc) is 2.86. The van der Waals surface area contributed by atoms with Gasteiger partial charge in [-0.25, -0.2) is 0 Å². The van der Waals surface area contributed by atoms with Gasteiger partial charge in [-0.2, -0.15) is 0 Å². The zero-order valence-corrected chi connectivity index (χ0v) is 14.4. The Kier molecular flexibility index (Phi) is 5.45. The fourth-order valence-corrected chi connectivity index (χ4v) is 3.28. The molecule has 0 bridgehead atoms. The van der Waals surface area contributed by atoms with Crippen molar-refractivity contribution >= 4 is 27.9 Å². The molecular weight excluding hydrogens is 330 g/mol. The van der Waals surface area contributed by atoms with E-state index in [0.717, 1.165) is 35.2 Å². The van der Waals surface area contributed by atoms with Gasteiger partial charge in [0.05, 0.1) is 7.11 Å². The Balaban J connectivity index is 2.14. The molecule has 0 N–H and O–H groups in total. The van der Waals surface area contributed by atoms with E-state index in [4.69, 9.17) is 4.74 Å². The number of hydrogen-bond donors (Lipinski definition) is 0. The Bertz CT molecular complexity index is 542. The second-order valence-electron chi connectivity index (χ2n) is 5.61. The number of benzene rings is 1. The number of carbonyl (C=O) groups is 1. The van der Waals surface area contributed by atoms with Crippen LogP contribution in [0.1, 0.15) is 32.3 Å². The lowest BCUT2D eigenvalue weighted by Crippen LogP contribution is -2.33. The Hall–Kier alpha value is -1.29. The number of methoxy groups -OCH3 is 1. The first-order chi connectivity index (χ1) is 10.0. The van der Waals surface area contributed by atoms with Crippen LogP contribution >= 0.6 is 15.9 Å². The van der Waals surface area contributed by atoms with Gasteiger partial charge in [0.1, 0.15) is 5.75 Å². The van der Waals surface area contributed by atoms with Crippen molar-refractivity contribution in [2.24, 2.45) is 5.92 Å². The molecule has 0 aliphatic carbocycles. The van der Waals surface area contributed by atoms with Crippen LogP contribution in [0.5, 0.6) is 5.75 Å². The molecule has 0 radical (unpaired) electrons. The number of ether oxygens (including phenoxy) is 1. The Labute approximate surface area is 135 Å². The first-order valence-corrected chi connectivity index (χ1v) is 8.16. The molecule has 1 aliphatic heterocycles. The number of carbonyl (C=O) groups excluding carboxylic acids is 1. The molecule has 114 valence electrons. The molecule has 0 saturated carbocycles. The van der Waals surface area contributed by atoms with E-state index in [0.29, 0.717) is 12.0 Å². The molecule has 2 atom stereocenters. The highest BCUT2D eigenvalue weighted by atomic mass is 79.9. The monoisotopic (exact) mass is 351 g/mol. The minimum absolute atomic E-state index is 0.0910. The minimum Gasteiger partial charge on any atom is -0.496 e. The van der Waals surface area contributed by atoms with Crippen LogP contribution < -0.4 is 4.74 Å². The van der Waals surface area contributed by atoms with Crippen molar-refractivity contribution in [1.29, 1.82) is 0 Å².